The number of aliphatic hydroxyl groups is 1. The molecule has 1 unspecified atom stereocenters. The van der Waals surface area contributed by atoms with Crippen LogP contribution in [0.15, 0.2) is 18.2 Å². The Kier molecular flexibility index (Phi) is 3.70. The molecule has 1 rings (SSSR count). The van der Waals surface area contributed by atoms with Crippen LogP contribution < -0.4 is 0 Å². The van der Waals surface area contributed by atoms with Gasteiger partial charge in [-0.05, 0) is 37.5 Å². The van der Waals surface area contributed by atoms with Gasteiger partial charge in [-0.3, -0.25) is 0 Å². The van der Waals surface area contributed by atoms with Crippen molar-refractivity contribution in [3.63, 3.8) is 0 Å². The number of rotatable bonds is 3. The molecule has 72 valence electrons. The maximum absolute atomic E-state index is 12.7. The average molecular weight is 203 g/mol. The van der Waals surface area contributed by atoms with Crippen molar-refractivity contribution in [2.75, 3.05) is 0 Å². The van der Waals surface area contributed by atoms with E-state index in [1.54, 1.807) is 19.1 Å². The molecule has 13 heavy (non-hydrogen) atoms. The van der Waals surface area contributed by atoms with E-state index in [-0.39, 0.29) is 11.1 Å². The van der Waals surface area contributed by atoms with Crippen LogP contribution in [0.1, 0.15) is 18.9 Å². The fraction of sp³-hybridized carbons (Fsp3) is 0.400. The molecule has 1 atom stereocenters. The lowest BCUT2D eigenvalue weighted by atomic mass is 10.1. The fourth-order valence-electron chi connectivity index (χ4n) is 1.07. The molecular weight excluding hydrogens is 191 g/mol. The number of aryl methyl sites for hydroxylation is 1. The second-order valence-electron chi connectivity index (χ2n) is 3.14. The monoisotopic (exact) mass is 202 g/mol. The van der Waals surface area contributed by atoms with Crippen LogP contribution in [-0.2, 0) is 6.42 Å². The SMILES string of the molecule is CC(O)CCc1ccc(F)c(Cl)c1. The minimum atomic E-state index is -0.400. The highest BCUT2D eigenvalue weighted by atomic mass is 35.5. The highest BCUT2D eigenvalue weighted by Gasteiger charge is 2.02. The Labute approximate surface area is 82.2 Å². The Morgan fingerprint density at radius 3 is 2.77 bits per heavy atom. The third-order valence-corrected chi connectivity index (χ3v) is 2.12. The van der Waals surface area contributed by atoms with E-state index in [1.807, 2.05) is 0 Å². The Morgan fingerprint density at radius 2 is 2.23 bits per heavy atom. The maximum Gasteiger partial charge on any atom is 0.141 e. The molecule has 0 amide bonds. The third kappa shape index (κ3) is 3.33. The summed E-state index contributed by atoms with van der Waals surface area (Å²) in [5.74, 6) is -0.400. The first-order valence-corrected chi connectivity index (χ1v) is 4.59. The minimum Gasteiger partial charge on any atom is -0.393 e. The van der Waals surface area contributed by atoms with Gasteiger partial charge < -0.3 is 5.11 Å². The largest absolute Gasteiger partial charge is 0.393 e. The summed E-state index contributed by atoms with van der Waals surface area (Å²) in [6, 6.07) is 4.63. The van der Waals surface area contributed by atoms with Crippen LogP contribution in [0.25, 0.3) is 0 Å². The maximum atomic E-state index is 12.7. The van der Waals surface area contributed by atoms with Crippen molar-refractivity contribution in [3.8, 4) is 0 Å². The van der Waals surface area contributed by atoms with Gasteiger partial charge in [-0.25, -0.2) is 4.39 Å². The molecule has 0 aliphatic rings. The summed E-state index contributed by atoms with van der Waals surface area (Å²) in [5.41, 5.74) is 0.951. The van der Waals surface area contributed by atoms with Gasteiger partial charge in [0.25, 0.3) is 0 Å². The van der Waals surface area contributed by atoms with E-state index in [4.69, 9.17) is 16.7 Å². The van der Waals surface area contributed by atoms with Crippen molar-refractivity contribution in [2.45, 2.75) is 25.9 Å². The lowest BCUT2D eigenvalue weighted by molar-refractivity contribution is 0.185. The summed E-state index contributed by atoms with van der Waals surface area (Å²) in [5, 5.41) is 9.17. The first-order chi connectivity index (χ1) is 6.09. The van der Waals surface area contributed by atoms with Crippen LogP contribution in [0.3, 0.4) is 0 Å². The Balaban J connectivity index is 2.63. The van der Waals surface area contributed by atoms with Gasteiger partial charge in [-0.2, -0.15) is 0 Å². The van der Waals surface area contributed by atoms with Crippen LogP contribution in [0.2, 0.25) is 5.02 Å². The summed E-state index contributed by atoms with van der Waals surface area (Å²) in [6.07, 6.45) is 1.06. The lowest BCUT2D eigenvalue weighted by Gasteiger charge is -2.04. The van der Waals surface area contributed by atoms with Gasteiger partial charge in [-0.15, -0.1) is 0 Å². The van der Waals surface area contributed by atoms with Crippen molar-refractivity contribution in [1.29, 1.82) is 0 Å². The van der Waals surface area contributed by atoms with Crippen LogP contribution >= 0.6 is 11.6 Å². The number of hydrogen-bond donors (Lipinski definition) is 1. The summed E-state index contributed by atoms with van der Waals surface area (Å²) in [6.45, 7) is 1.73. The van der Waals surface area contributed by atoms with E-state index in [0.717, 1.165) is 12.0 Å². The molecule has 1 N–H and O–H groups in total. The van der Waals surface area contributed by atoms with E-state index in [1.165, 1.54) is 6.07 Å². The number of aliphatic hydroxyl groups excluding tert-OH is 1. The second-order valence-corrected chi connectivity index (χ2v) is 3.54. The topological polar surface area (TPSA) is 20.2 Å². The summed E-state index contributed by atoms with van der Waals surface area (Å²) >= 11 is 5.59. The molecule has 0 aliphatic heterocycles. The number of hydrogen-bond acceptors (Lipinski definition) is 1. The highest BCUT2D eigenvalue weighted by molar-refractivity contribution is 6.30. The quantitative estimate of drug-likeness (QED) is 0.799. The van der Waals surface area contributed by atoms with E-state index in [2.05, 4.69) is 0 Å². The zero-order chi connectivity index (χ0) is 9.84. The lowest BCUT2D eigenvalue weighted by Crippen LogP contribution is -2.01. The van der Waals surface area contributed by atoms with Gasteiger partial charge in [0.15, 0.2) is 0 Å². The van der Waals surface area contributed by atoms with E-state index >= 15 is 0 Å². The smallest absolute Gasteiger partial charge is 0.141 e. The van der Waals surface area contributed by atoms with E-state index in [9.17, 15) is 4.39 Å². The zero-order valence-electron chi connectivity index (χ0n) is 7.43. The van der Waals surface area contributed by atoms with Gasteiger partial charge in [0.1, 0.15) is 5.82 Å². The van der Waals surface area contributed by atoms with Crippen molar-refractivity contribution >= 4 is 11.6 Å². The van der Waals surface area contributed by atoms with Gasteiger partial charge >= 0.3 is 0 Å². The molecule has 1 aromatic rings. The highest BCUT2D eigenvalue weighted by Crippen LogP contribution is 2.17. The molecule has 1 aromatic carbocycles. The molecule has 0 spiro atoms. The second kappa shape index (κ2) is 4.58. The van der Waals surface area contributed by atoms with Crippen LogP contribution in [0.4, 0.5) is 4.39 Å². The normalized spacial score (nSPS) is 12.9. The van der Waals surface area contributed by atoms with Crippen LogP contribution in [0, 0.1) is 5.82 Å². The first-order valence-electron chi connectivity index (χ1n) is 4.21. The standard InChI is InChI=1S/C10H12ClFO/c1-7(13)2-3-8-4-5-10(12)9(11)6-8/h4-7,13H,2-3H2,1H3. The molecule has 3 heteroatoms. The molecule has 0 fully saturated rings. The Bertz CT molecular complexity index is 286. The Morgan fingerprint density at radius 1 is 1.54 bits per heavy atom. The molecule has 0 heterocycles. The Hall–Kier alpha value is -0.600. The van der Waals surface area contributed by atoms with Crippen molar-refractivity contribution in [1.82, 2.24) is 0 Å². The fourth-order valence-corrected chi connectivity index (χ4v) is 1.27. The number of halogens is 2. The van der Waals surface area contributed by atoms with Gasteiger partial charge in [-0.1, -0.05) is 17.7 Å². The molecule has 0 saturated carbocycles. The third-order valence-electron chi connectivity index (χ3n) is 1.83. The summed E-state index contributed by atoms with van der Waals surface area (Å²) in [4.78, 5) is 0. The molecule has 0 bridgehead atoms. The average Bonchev–Trinajstić information content (AvgIpc) is 2.07. The molecule has 0 aliphatic carbocycles. The van der Waals surface area contributed by atoms with E-state index < -0.39 is 5.82 Å². The molecule has 1 nitrogen and oxygen atoms in total. The summed E-state index contributed by atoms with van der Waals surface area (Å²) < 4.78 is 12.7. The first kappa shape index (κ1) is 10.5. The molecule has 0 aromatic heterocycles. The van der Waals surface area contributed by atoms with Crippen LogP contribution in [0.5, 0.6) is 0 Å². The van der Waals surface area contributed by atoms with Crippen molar-refractivity contribution in [2.24, 2.45) is 0 Å². The number of benzene rings is 1. The predicted molar refractivity (Wildman–Crippen MR) is 51.4 cm³/mol. The minimum absolute atomic E-state index is 0.142. The summed E-state index contributed by atoms with van der Waals surface area (Å²) in [7, 11) is 0. The molecule has 0 radical (unpaired) electrons. The van der Waals surface area contributed by atoms with E-state index in [0.29, 0.717) is 6.42 Å². The van der Waals surface area contributed by atoms with Crippen molar-refractivity contribution in [3.05, 3.63) is 34.6 Å². The predicted octanol–water partition coefficient (Wildman–Crippen LogP) is 2.79. The zero-order valence-corrected chi connectivity index (χ0v) is 8.18. The van der Waals surface area contributed by atoms with Gasteiger partial charge in [0, 0.05) is 0 Å². The molecule has 0 saturated heterocycles. The van der Waals surface area contributed by atoms with Gasteiger partial charge in [0.05, 0.1) is 11.1 Å². The van der Waals surface area contributed by atoms with Gasteiger partial charge in [0.2, 0.25) is 0 Å². The van der Waals surface area contributed by atoms with Crippen molar-refractivity contribution < 1.29 is 9.50 Å². The van der Waals surface area contributed by atoms with Crippen LogP contribution in [-0.4, -0.2) is 11.2 Å². The molecular formula is C10H12ClFO.